The Bertz CT molecular complexity index is 670. The minimum absolute atomic E-state index is 0.887. The van der Waals surface area contributed by atoms with Gasteiger partial charge in [0, 0.05) is 30.6 Å². The van der Waals surface area contributed by atoms with Crippen molar-refractivity contribution in [1.82, 2.24) is 10.2 Å². The molecule has 3 heteroatoms. The number of nitrogens with one attached hydrogen (secondary N) is 1. The molecule has 0 spiro atoms. The topological polar surface area (TPSA) is 15.3 Å². The van der Waals surface area contributed by atoms with Crippen LogP contribution in [-0.4, -0.2) is 29.9 Å². The smallest absolute Gasteiger partial charge is 0.102 e. The van der Waals surface area contributed by atoms with Crippen LogP contribution in [0.25, 0.3) is 10.8 Å². The van der Waals surface area contributed by atoms with Crippen molar-refractivity contribution in [3.63, 3.8) is 0 Å². The summed E-state index contributed by atoms with van der Waals surface area (Å²) in [7, 11) is 2.10. The van der Waals surface area contributed by atoms with Crippen LogP contribution in [0.3, 0.4) is 0 Å². The van der Waals surface area contributed by atoms with E-state index in [4.69, 9.17) is 12.2 Å². The zero-order valence-electron chi connectivity index (χ0n) is 11.6. The Morgan fingerprint density at radius 1 is 1.20 bits per heavy atom. The van der Waals surface area contributed by atoms with Crippen molar-refractivity contribution in [3.8, 4) is 0 Å². The standard InChI is InChI=1S/C17H18N2S/c1-19-11-5-10-18-17(19)12-16(20)15-9-4-7-13-6-2-3-8-14(13)15/h2-4,6-9,12,18H,5,10-11H2,1H3/b17-12+. The molecule has 2 aromatic carbocycles. The van der Waals surface area contributed by atoms with E-state index in [2.05, 4.69) is 65.8 Å². The van der Waals surface area contributed by atoms with E-state index < -0.39 is 0 Å². The summed E-state index contributed by atoms with van der Waals surface area (Å²) < 4.78 is 0. The van der Waals surface area contributed by atoms with E-state index in [0.29, 0.717) is 0 Å². The monoisotopic (exact) mass is 282 g/mol. The van der Waals surface area contributed by atoms with Crippen LogP contribution in [0.2, 0.25) is 0 Å². The molecule has 1 heterocycles. The van der Waals surface area contributed by atoms with Gasteiger partial charge in [-0.25, -0.2) is 0 Å². The predicted octanol–water partition coefficient (Wildman–Crippen LogP) is 3.32. The molecule has 1 fully saturated rings. The van der Waals surface area contributed by atoms with Crippen molar-refractivity contribution < 1.29 is 0 Å². The molecule has 0 aromatic heterocycles. The van der Waals surface area contributed by atoms with Crippen LogP contribution in [-0.2, 0) is 0 Å². The number of thiocarbonyl (C=S) groups is 1. The fourth-order valence-corrected chi connectivity index (χ4v) is 2.88. The highest BCUT2D eigenvalue weighted by molar-refractivity contribution is 7.81. The summed E-state index contributed by atoms with van der Waals surface area (Å²) in [5.41, 5.74) is 1.13. The summed E-state index contributed by atoms with van der Waals surface area (Å²) in [4.78, 5) is 3.11. The lowest BCUT2D eigenvalue weighted by molar-refractivity contribution is 0.335. The van der Waals surface area contributed by atoms with Gasteiger partial charge in [0.15, 0.2) is 0 Å². The van der Waals surface area contributed by atoms with Crippen molar-refractivity contribution in [1.29, 1.82) is 0 Å². The van der Waals surface area contributed by atoms with Gasteiger partial charge in [0.25, 0.3) is 0 Å². The Balaban J connectivity index is 1.98. The van der Waals surface area contributed by atoms with Crippen LogP contribution in [0.15, 0.2) is 54.4 Å². The third kappa shape index (κ3) is 2.54. The first-order chi connectivity index (χ1) is 9.75. The van der Waals surface area contributed by atoms with Gasteiger partial charge < -0.3 is 10.2 Å². The van der Waals surface area contributed by atoms with Gasteiger partial charge in [-0.1, -0.05) is 54.7 Å². The van der Waals surface area contributed by atoms with E-state index in [1.54, 1.807) is 0 Å². The molecule has 0 amide bonds. The Labute approximate surface area is 125 Å². The maximum atomic E-state index is 5.64. The molecule has 102 valence electrons. The molecule has 1 aliphatic heterocycles. The minimum atomic E-state index is 0.887. The molecule has 0 radical (unpaired) electrons. The molecule has 0 bridgehead atoms. The van der Waals surface area contributed by atoms with Gasteiger partial charge in [-0.3, -0.25) is 0 Å². The first-order valence-corrected chi connectivity index (χ1v) is 7.35. The van der Waals surface area contributed by atoms with Gasteiger partial charge in [-0.05, 0) is 23.3 Å². The Morgan fingerprint density at radius 2 is 2.00 bits per heavy atom. The van der Waals surface area contributed by atoms with Gasteiger partial charge in [0.1, 0.15) is 5.82 Å². The lowest BCUT2D eigenvalue weighted by Crippen LogP contribution is -2.37. The van der Waals surface area contributed by atoms with Gasteiger partial charge in [0.2, 0.25) is 0 Å². The van der Waals surface area contributed by atoms with Gasteiger partial charge in [0.05, 0.1) is 0 Å². The molecule has 0 aliphatic carbocycles. The third-order valence-electron chi connectivity index (χ3n) is 3.71. The van der Waals surface area contributed by atoms with Crippen molar-refractivity contribution in [2.75, 3.05) is 20.1 Å². The van der Waals surface area contributed by atoms with Crippen LogP contribution in [0.4, 0.5) is 0 Å². The lowest BCUT2D eigenvalue weighted by Gasteiger charge is -2.29. The average Bonchev–Trinajstić information content (AvgIpc) is 2.49. The fraction of sp³-hybridized carbons (Fsp3) is 0.235. The van der Waals surface area contributed by atoms with E-state index in [9.17, 15) is 0 Å². The number of rotatable bonds is 2. The van der Waals surface area contributed by atoms with Crippen LogP contribution in [0, 0.1) is 0 Å². The van der Waals surface area contributed by atoms with Crippen molar-refractivity contribution in [2.45, 2.75) is 6.42 Å². The number of hydrogen-bond acceptors (Lipinski definition) is 3. The highest BCUT2D eigenvalue weighted by Gasteiger charge is 2.11. The molecule has 0 unspecified atom stereocenters. The zero-order chi connectivity index (χ0) is 13.9. The predicted molar refractivity (Wildman–Crippen MR) is 89.0 cm³/mol. The summed E-state index contributed by atoms with van der Waals surface area (Å²) in [6, 6.07) is 14.7. The highest BCUT2D eigenvalue weighted by Crippen LogP contribution is 2.20. The maximum absolute atomic E-state index is 5.64. The Morgan fingerprint density at radius 3 is 2.85 bits per heavy atom. The number of benzene rings is 2. The van der Waals surface area contributed by atoms with E-state index in [-0.39, 0.29) is 0 Å². The SMILES string of the molecule is CN1CCCN/C1=C\C(=S)c1cccc2ccccc12. The first-order valence-electron chi connectivity index (χ1n) is 6.94. The number of fused-ring (bicyclic) bond motifs is 1. The lowest BCUT2D eigenvalue weighted by atomic mass is 10.0. The summed E-state index contributed by atoms with van der Waals surface area (Å²) in [6.45, 7) is 2.10. The van der Waals surface area contributed by atoms with Gasteiger partial charge in [-0.15, -0.1) is 0 Å². The van der Waals surface area contributed by atoms with Crippen LogP contribution in [0.5, 0.6) is 0 Å². The van der Waals surface area contributed by atoms with E-state index in [0.717, 1.165) is 29.3 Å². The van der Waals surface area contributed by atoms with Gasteiger partial charge in [-0.2, -0.15) is 0 Å². The molecular formula is C17H18N2S. The number of allylic oxidation sites excluding steroid dienone is 1. The van der Waals surface area contributed by atoms with E-state index >= 15 is 0 Å². The van der Waals surface area contributed by atoms with Crippen molar-refractivity contribution >= 4 is 27.9 Å². The average molecular weight is 282 g/mol. The first kappa shape index (κ1) is 13.1. The molecule has 0 saturated carbocycles. The molecule has 3 rings (SSSR count). The molecule has 1 N–H and O–H groups in total. The van der Waals surface area contributed by atoms with Crippen LogP contribution >= 0.6 is 12.2 Å². The van der Waals surface area contributed by atoms with Crippen molar-refractivity contribution in [3.05, 3.63) is 59.9 Å². The summed E-state index contributed by atoms with van der Waals surface area (Å²) in [6.07, 6.45) is 3.26. The number of nitrogens with zero attached hydrogens (tertiary/aromatic N) is 1. The normalized spacial score (nSPS) is 17.2. The molecule has 2 nitrogen and oxygen atoms in total. The Kier molecular flexibility index (Phi) is 3.70. The molecule has 20 heavy (non-hydrogen) atoms. The van der Waals surface area contributed by atoms with Crippen LogP contribution < -0.4 is 5.32 Å². The third-order valence-corrected chi connectivity index (χ3v) is 4.05. The van der Waals surface area contributed by atoms with Gasteiger partial charge >= 0.3 is 0 Å². The van der Waals surface area contributed by atoms with E-state index in [1.165, 1.54) is 17.2 Å². The zero-order valence-corrected chi connectivity index (χ0v) is 12.4. The summed E-state index contributed by atoms with van der Waals surface area (Å²) in [5, 5.41) is 5.87. The quantitative estimate of drug-likeness (QED) is 0.517. The minimum Gasteiger partial charge on any atom is -0.372 e. The Hall–Kier alpha value is -1.87. The second kappa shape index (κ2) is 5.63. The molecular weight excluding hydrogens is 264 g/mol. The molecule has 1 saturated heterocycles. The molecule has 0 atom stereocenters. The van der Waals surface area contributed by atoms with Crippen LogP contribution in [0.1, 0.15) is 12.0 Å². The number of hydrogen-bond donors (Lipinski definition) is 1. The fourth-order valence-electron chi connectivity index (χ4n) is 2.59. The molecule has 2 aromatic rings. The van der Waals surface area contributed by atoms with E-state index in [1.807, 2.05) is 0 Å². The second-order valence-corrected chi connectivity index (χ2v) is 5.56. The molecule has 1 aliphatic rings. The maximum Gasteiger partial charge on any atom is 0.102 e. The highest BCUT2D eigenvalue weighted by atomic mass is 32.1. The largest absolute Gasteiger partial charge is 0.372 e. The van der Waals surface area contributed by atoms with Crippen molar-refractivity contribution in [2.24, 2.45) is 0 Å². The summed E-state index contributed by atoms with van der Waals surface area (Å²) >= 11 is 5.64. The second-order valence-electron chi connectivity index (χ2n) is 5.12. The summed E-state index contributed by atoms with van der Waals surface area (Å²) in [5.74, 6) is 1.12.